The molecule has 0 atom stereocenters. The fraction of sp³-hybridized carbons (Fsp3) is 0.889. The van der Waals surface area contributed by atoms with E-state index in [0.717, 1.165) is 6.54 Å². The van der Waals surface area contributed by atoms with E-state index in [1.165, 1.54) is 32.1 Å². The van der Waals surface area contributed by atoms with Crippen molar-refractivity contribution in [1.82, 2.24) is 4.90 Å². The van der Waals surface area contributed by atoms with E-state index in [0.29, 0.717) is 6.04 Å². The number of hydrogen-bond donors (Lipinski definition) is 1. The standard InChI is InChI=1S/C9H17NOS/c1-2-10(9(11)12)8-6-4-3-5-7-8/h8H,2-7H2,1H3,(H,11,12). The summed E-state index contributed by atoms with van der Waals surface area (Å²) in [7, 11) is 0. The first-order valence-electron chi connectivity index (χ1n) is 4.75. The summed E-state index contributed by atoms with van der Waals surface area (Å²) in [6, 6.07) is 0.466. The van der Waals surface area contributed by atoms with Gasteiger partial charge in [0, 0.05) is 12.6 Å². The summed E-state index contributed by atoms with van der Waals surface area (Å²) in [5.41, 5.74) is 0. The first-order chi connectivity index (χ1) is 5.75. The van der Waals surface area contributed by atoms with Crippen LogP contribution in [-0.2, 0) is 0 Å². The Morgan fingerprint density at radius 3 is 2.42 bits per heavy atom. The molecular weight excluding hydrogens is 170 g/mol. The number of rotatable bonds is 2. The number of thiol groups is 1. The van der Waals surface area contributed by atoms with Crippen molar-refractivity contribution in [1.29, 1.82) is 0 Å². The zero-order chi connectivity index (χ0) is 8.97. The summed E-state index contributed by atoms with van der Waals surface area (Å²) >= 11 is 3.87. The number of hydrogen-bond acceptors (Lipinski definition) is 1. The fourth-order valence-corrected chi connectivity index (χ4v) is 2.25. The molecule has 0 saturated heterocycles. The second kappa shape index (κ2) is 4.75. The van der Waals surface area contributed by atoms with Gasteiger partial charge in [0.25, 0.3) is 5.24 Å². The molecule has 1 aliphatic carbocycles. The topological polar surface area (TPSA) is 20.3 Å². The SMILES string of the molecule is CCN(C(=O)S)C1CCCCC1. The first kappa shape index (κ1) is 9.90. The zero-order valence-corrected chi connectivity index (χ0v) is 8.52. The maximum atomic E-state index is 11.1. The molecule has 0 aromatic heterocycles. The molecule has 0 N–H and O–H groups in total. The van der Waals surface area contributed by atoms with Crippen molar-refractivity contribution < 1.29 is 4.79 Å². The Labute approximate surface area is 79.7 Å². The van der Waals surface area contributed by atoms with E-state index < -0.39 is 0 Å². The normalized spacial score (nSPS) is 19.2. The Kier molecular flexibility index (Phi) is 3.92. The van der Waals surface area contributed by atoms with Crippen LogP contribution in [0, 0.1) is 0 Å². The van der Waals surface area contributed by atoms with Gasteiger partial charge in [-0.1, -0.05) is 31.9 Å². The number of nitrogens with zero attached hydrogens (tertiary/aromatic N) is 1. The van der Waals surface area contributed by atoms with Crippen molar-refractivity contribution in [2.45, 2.75) is 45.1 Å². The van der Waals surface area contributed by atoms with Crippen molar-refractivity contribution >= 4 is 17.9 Å². The molecule has 0 aliphatic heterocycles. The molecule has 1 saturated carbocycles. The Morgan fingerprint density at radius 1 is 1.42 bits per heavy atom. The van der Waals surface area contributed by atoms with Crippen LogP contribution in [-0.4, -0.2) is 22.7 Å². The Balaban J connectivity index is 2.46. The third-order valence-electron chi connectivity index (χ3n) is 2.60. The molecule has 0 radical (unpaired) electrons. The van der Waals surface area contributed by atoms with Gasteiger partial charge >= 0.3 is 0 Å². The first-order valence-corrected chi connectivity index (χ1v) is 5.20. The van der Waals surface area contributed by atoms with E-state index in [-0.39, 0.29) is 5.24 Å². The van der Waals surface area contributed by atoms with Gasteiger partial charge in [-0.25, -0.2) is 0 Å². The predicted molar refractivity (Wildman–Crippen MR) is 53.6 cm³/mol. The molecule has 0 aromatic rings. The Hall–Kier alpha value is -0.180. The Bertz CT molecular complexity index is 155. The Morgan fingerprint density at radius 2 is 2.00 bits per heavy atom. The van der Waals surface area contributed by atoms with Gasteiger partial charge in [-0.15, -0.1) is 0 Å². The molecule has 0 bridgehead atoms. The molecule has 2 nitrogen and oxygen atoms in total. The van der Waals surface area contributed by atoms with Crippen LogP contribution in [0.2, 0.25) is 0 Å². The molecule has 3 heteroatoms. The lowest BCUT2D eigenvalue weighted by molar-refractivity contribution is 0.182. The summed E-state index contributed by atoms with van der Waals surface area (Å²) in [6.07, 6.45) is 6.19. The van der Waals surface area contributed by atoms with Crippen molar-refractivity contribution in [3.63, 3.8) is 0 Å². The van der Waals surface area contributed by atoms with Crippen LogP contribution < -0.4 is 0 Å². The van der Waals surface area contributed by atoms with Gasteiger partial charge < -0.3 is 4.90 Å². The van der Waals surface area contributed by atoms with Crippen molar-refractivity contribution in [2.75, 3.05) is 6.54 Å². The highest BCUT2D eigenvalue weighted by Crippen LogP contribution is 2.23. The molecule has 0 heterocycles. The molecular formula is C9H17NOS. The smallest absolute Gasteiger partial charge is 0.278 e. The summed E-state index contributed by atoms with van der Waals surface area (Å²) in [4.78, 5) is 12.9. The van der Waals surface area contributed by atoms with Crippen LogP contribution in [0.15, 0.2) is 0 Å². The van der Waals surface area contributed by atoms with E-state index in [1.807, 2.05) is 11.8 Å². The molecule has 0 unspecified atom stereocenters. The third kappa shape index (κ3) is 2.41. The zero-order valence-electron chi connectivity index (χ0n) is 7.62. The summed E-state index contributed by atoms with van der Waals surface area (Å²) < 4.78 is 0. The van der Waals surface area contributed by atoms with Crippen LogP contribution in [0.25, 0.3) is 0 Å². The summed E-state index contributed by atoms with van der Waals surface area (Å²) in [5, 5.41) is -0.0654. The predicted octanol–water partition coefficient (Wildman–Crippen LogP) is 2.69. The van der Waals surface area contributed by atoms with Crippen molar-refractivity contribution in [2.24, 2.45) is 0 Å². The lowest BCUT2D eigenvalue weighted by atomic mass is 9.94. The average Bonchev–Trinajstić information content (AvgIpc) is 2.07. The van der Waals surface area contributed by atoms with Gasteiger partial charge in [0.1, 0.15) is 0 Å². The second-order valence-electron chi connectivity index (χ2n) is 3.36. The molecule has 70 valence electrons. The molecule has 1 fully saturated rings. The minimum Gasteiger partial charge on any atom is -0.331 e. The van der Waals surface area contributed by atoms with Crippen molar-refractivity contribution in [3.05, 3.63) is 0 Å². The quantitative estimate of drug-likeness (QED) is 0.659. The van der Waals surface area contributed by atoms with Gasteiger partial charge in [-0.05, 0) is 19.8 Å². The lowest BCUT2D eigenvalue weighted by Crippen LogP contribution is -2.38. The highest BCUT2D eigenvalue weighted by atomic mass is 32.1. The van der Waals surface area contributed by atoms with E-state index in [1.54, 1.807) is 0 Å². The summed E-state index contributed by atoms with van der Waals surface area (Å²) in [6.45, 7) is 2.82. The number of carbonyl (C=O) groups excluding carboxylic acids is 1. The molecule has 1 amide bonds. The van der Waals surface area contributed by atoms with Gasteiger partial charge in [-0.2, -0.15) is 0 Å². The number of carbonyl (C=O) groups is 1. The van der Waals surface area contributed by atoms with E-state index in [2.05, 4.69) is 12.6 Å². The van der Waals surface area contributed by atoms with E-state index in [4.69, 9.17) is 0 Å². The third-order valence-corrected chi connectivity index (χ3v) is 2.86. The minimum absolute atomic E-state index is 0.0654. The second-order valence-corrected chi connectivity index (χ2v) is 3.74. The molecule has 1 rings (SSSR count). The molecule has 1 aliphatic rings. The molecule has 0 spiro atoms. The number of amides is 1. The van der Waals surface area contributed by atoms with Gasteiger partial charge in [0.05, 0.1) is 0 Å². The minimum atomic E-state index is -0.0654. The van der Waals surface area contributed by atoms with Gasteiger partial charge in [0.15, 0.2) is 0 Å². The van der Waals surface area contributed by atoms with E-state index in [9.17, 15) is 4.79 Å². The van der Waals surface area contributed by atoms with E-state index >= 15 is 0 Å². The van der Waals surface area contributed by atoms with Crippen molar-refractivity contribution in [3.8, 4) is 0 Å². The fourth-order valence-electron chi connectivity index (χ4n) is 1.94. The maximum Gasteiger partial charge on any atom is 0.278 e. The van der Waals surface area contributed by atoms with Crippen LogP contribution in [0.1, 0.15) is 39.0 Å². The van der Waals surface area contributed by atoms with Crippen LogP contribution in [0.4, 0.5) is 4.79 Å². The van der Waals surface area contributed by atoms with Crippen LogP contribution in [0.5, 0.6) is 0 Å². The van der Waals surface area contributed by atoms with Gasteiger partial charge in [0.2, 0.25) is 0 Å². The largest absolute Gasteiger partial charge is 0.331 e. The highest BCUT2D eigenvalue weighted by Gasteiger charge is 2.21. The summed E-state index contributed by atoms with van der Waals surface area (Å²) in [5.74, 6) is 0. The molecule has 0 aromatic carbocycles. The lowest BCUT2D eigenvalue weighted by Gasteiger charge is -2.32. The highest BCUT2D eigenvalue weighted by molar-refractivity contribution is 7.96. The molecule has 12 heavy (non-hydrogen) atoms. The van der Waals surface area contributed by atoms with Gasteiger partial charge in [-0.3, -0.25) is 4.79 Å². The monoisotopic (exact) mass is 187 g/mol. The van der Waals surface area contributed by atoms with Crippen LogP contribution in [0.3, 0.4) is 0 Å². The maximum absolute atomic E-state index is 11.1. The van der Waals surface area contributed by atoms with Crippen LogP contribution >= 0.6 is 12.6 Å². The average molecular weight is 187 g/mol.